The predicted octanol–water partition coefficient (Wildman–Crippen LogP) is 14.8. The Morgan fingerprint density at radius 3 is 1.41 bits per heavy atom. The van der Waals surface area contributed by atoms with Crippen molar-refractivity contribution in [1.82, 2.24) is 0 Å². The molecule has 19 heteroatoms. The molecule has 2 aromatic carbocycles. The van der Waals surface area contributed by atoms with E-state index in [2.05, 4.69) is 104 Å². The van der Waals surface area contributed by atoms with Gasteiger partial charge in [-0.25, -0.2) is 0 Å². The van der Waals surface area contributed by atoms with Gasteiger partial charge in [0.1, 0.15) is 4.32 Å². The first-order valence-electron chi connectivity index (χ1n) is 22.1. The third-order valence-corrected chi connectivity index (χ3v) is 15.4. The molecule has 0 N–H and O–H groups in total. The molecule has 0 spiro atoms. The van der Waals surface area contributed by atoms with Crippen molar-refractivity contribution in [2.24, 2.45) is 20.0 Å². The van der Waals surface area contributed by atoms with Crippen LogP contribution < -0.4 is 0 Å². The molecule has 0 aliphatic carbocycles. The van der Waals surface area contributed by atoms with Gasteiger partial charge in [-0.3, -0.25) is 18.0 Å². The van der Waals surface area contributed by atoms with Gasteiger partial charge in [0.15, 0.2) is 0 Å². The molecule has 2 aromatic heterocycles. The second kappa shape index (κ2) is 31.4. The molecule has 0 fully saturated rings. The monoisotopic (exact) mass is 1210 g/mol. The van der Waals surface area contributed by atoms with E-state index in [9.17, 15) is 26.4 Å². The molecule has 0 aliphatic rings. The van der Waals surface area contributed by atoms with Gasteiger partial charge in [0.25, 0.3) is 20.2 Å². The van der Waals surface area contributed by atoms with Crippen molar-refractivity contribution in [2.45, 2.75) is 142 Å². The van der Waals surface area contributed by atoms with E-state index in [1.54, 1.807) is 79.0 Å². The van der Waals surface area contributed by atoms with Gasteiger partial charge in [-0.05, 0) is 167 Å². The van der Waals surface area contributed by atoms with Crippen LogP contribution in [-0.2, 0) is 72.9 Å². The van der Waals surface area contributed by atoms with Gasteiger partial charge >= 0.3 is 11.9 Å². The van der Waals surface area contributed by atoms with Gasteiger partial charge in [0.2, 0.25) is 0 Å². The second-order valence-electron chi connectivity index (χ2n) is 19.5. The Bertz CT molecular complexity index is 2410. The fourth-order valence-corrected chi connectivity index (χ4v) is 10.8. The first kappa shape index (κ1) is 67.7. The zero-order chi connectivity index (χ0) is 52.9. The van der Waals surface area contributed by atoms with Gasteiger partial charge in [-0.1, -0.05) is 118 Å². The van der Waals surface area contributed by atoms with E-state index in [0.29, 0.717) is 19.6 Å². The van der Waals surface area contributed by atoms with Crippen molar-refractivity contribution in [1.29, 1.82) is 0 Å². The number of carbonyl (C=O) groups excluding carboxylic acids is 2. The lowest BCUT2D eigenvalue weighted by atomic mass is 9.86. The van der Waals surface area contributed by atoms with Crippen LogP contribution in [0.15, 0.2) is 91.6 Å². The molecule has 0 saturated heterocycles. The highest BCUT2D eigenvalue weighted by atomic mass is 79.9. The maximum Gasteiger partial charge on any atom is 0.322 e. The zero-order valence-corrected chi connectivity index (χ0v) is 50.1. The van der Waals surface area contributed by atoms with Crippen molar-refractivity contribution in [2.75, 3.05) is 26.4 Å². The summed E-state index contributed by atoms with van der Waals surface area (Å²) in [4.78, 5) is 27.0. The van der Waals surface area contributed by atoms with E-state index < -0.39 is 30.0 Å². The number of nitrogens with zero attached hydrogens (tertiary/aromatic N) is 1. The van der Waals surface area contributed by atoms with Crippen LogP contribution >= 0.6 is 67.3 Å². The molecule has 394 valence electrons. The predicted molar refractivity (Wildman–Crippen MR) is 303 cm³/mol. The summed E-state index contributed by atoms with van der Waals surface area (Å²) in [5, 5.41) is 4.18. The summed E-state index contributed by atoms with van der Waals surface area (Å²) in [5.41, 5.74) is 3.25. The summed E-state index contributed by atoms with van der Waals surface area (Å²) in [6.07, 6.45) is 5.76. The largest absolute Gasteiger partial charge is 0.465 e. The Morgan fingerprint density at radius 2 is 1.09 bits per heavy atom. The Kier molecular flexibility index (Phi) is 30.4. The van der Waals surface area contributed by atoms with E-state index in [0.717, 1.165) is 36.8 Å². The Labute approximate surface area is 456 Å². The van der Waals surface area contributed by atoms with Gasteiger partial charge in [0, 0.05) is 27.0 Å². The molecule has 1 unspecified atom stereocenters. The van der Waals surface area contributed by atoms with Gasteiger partial charge in [-0.2, -0.15) is 20.6 Å². The van der Waals surface area contributed by atoms with E-state index in [4.69, 9.17) is 17.8 Å². The first-order chi connectivity index (χ1) is 31.8. The molecule has 70 heavy (non-hydrogen) atoms. The van der Waals surface area contributed by atoms with Crippen LogP contribution in [0, 0.1) is 30.1 Å². The SMILES string of the molecule is C.C=Cc1ccc(S(=O)(=O)OCC(C)(C)C)cc1.Cc1ccsc1CCCOC(=O)C(C)(C)Br.Cc1ccsc1CCCOC(=O)C(C)(C)CC(Br)c1ccc(S(=O)(=O)OCC(C)(C)C)cc1.S=NS. The average Bonchev–Trinajstić information content (AvgIpc) is 3.88. The number of hydrogen-bond donors (Lipinski definition) is 1. The molecular weight excluding hydrogens is 1140 g/mol. The van der Waals surface area contributed by atoms with Crippen LogP contribution in [0.1, 0.15) is 133 Å². The van der Waals surface area contributed by atoms with Crippen LogP contribution in [0.4, 0.5) is 0 Å². The Morgan fingerprint density at radius 1 is 0.714 bits per heavy atom. The molecule has 1 atom stereocenters. The van der Waals surface area contributed by atoms with Crippen LogP contribution in [0.3, 0.4) is 0 Å². The number of alkyl halides is 2. The smallest absolute Gasteiger partial charge is 0.322 e. The van der Waals surface area contributed by atoms with Crippen LogP contribution in [-0.4, -0.2) is 59.5 Å². The highest BCUT2D eigenvalue weighted by molar-refractivity contribution is 9.10. The van der Waals surface area contributed by atoms with Crippen LogP contribution in [0.2, 0.25) is 0 Å². The number of esters is 2. The topological polar surface area (TPSA) is 152 Å². The van der Waals surface area contributed by atoms with E-state index in [-0.39, 0.29) is 58.0 Å². The minimum atomic E-state index is -3.81. The second-order valence-corrected chi connectivity index (χ2v) is 28.5. The summed E-state index contributed by atoms with van der Waals surface area (Å²) in [6.45, 7) is 27.8. The molecule has 4 aromatic rings. The highest BCUT2D eigenvalue weighted by Gasteiger charge is 2.33. The summed E-state index contributed by atoms with van der Waals surface area (Å²) in [6, 6.07) is 17.2. The minimum Gasteiger partial charge on any atom is -0.465 e. The number of aryl methyl sites for hydroxylation is 4. The molecule has 0 radical (unpaired) electrons. The first-order valence-corrected chi connectivity index (χ1v) is 29.1. The summed E-state index contributed by atoms with van der Waals surface area (Å²) in [7, 11) is -7.46. The third kappa shape index (κ3) is 27.1. The van der Waals surface area contributed by atoms with Gasteiger partial charge in [0.05, 0.1) is 41.6 Å². The minimum absolute atomic E-state index is 0. The quantitative estimate of drug-likeness (QED) is 0.0296. The summed E-state index contributed by atoms with van der Waals surface area (Å²) in [5.74, 6) is -0.431. The van der Waals surface area contributed by atoms with Crippen molar-refractivity contribution in [3.63, 3.8) is 0 Å². The molecule has 0 amide bonds. The lowest BCUT2D eigenvalue weighted by Crippen LogP contribution is -2.28. The van der Waals surface area contributed by atoms with E-state index in [1.165, 1.54) is 33.0 Å². The molecule has 2 heterocycles. The number of benzene rings is 2. The molecule has 4 rings (SSSR count). The summed E-state index contributed by atoms with van der Waals surface area (Å²) < 4.78 is 71.5. The standard InChI is InChI=1S/C25H35BrO5S2.C13H18O3S.C12H17BrO2S.CH4.HNS2/c1-18-13-15-32-22(18)8-7-14-30-23(27)25(5,6)16-21(26)19-9-11-20(12-10-19)33(28,29)31-17-24(2,3)4;1-5-11-6-8-12(9-7-11)17(14,15)16-10-13(2,3)4;1-9-6-8-16-10(9)5-4-7-15-11(14)12(2,3)13;;2-1-3/h9-13,15,21H,7-8,14,16-17H2,1-6H3;5-9H,1,10H2,2-4H3;6,8H,4-5,7H2,1-3H3;1H4;(H,2,3). The van der Waals surface area contributed by atoms with E-state index >= 15 is 0 Å². The average molecular weight is 1210 g/mol. The Balaban J connectivity index is 0.00000108. The zero-order valence-electron chi connectivity index (χ0n) is 41.9. The fourth-order valence-electron chi connectivity index (χ4n) is 5.39. The molecule has 0 aliphatic heterocycles. The number of thiol groups is 1. The molecule has 11 nitrogen and oxygen atoms in total. The fraction of sp³-hybridized carbons (Fsp3) is 0.529. The highest BCUT2D eigenvalue weighted by Crippen LogP contribution is 2.37. The van der Waals surface area contributed by atoms with E-state index in [1.807, 2.05) is 55.4 Å². The van der Waals surface area contributed by atoms with Crippen molar-refractivity contribution >= 4 is 118 Å². The van der Waals surface area contributed by atoms with Crippen LogP contribution in [0.25, 0.3) is 6.08 Å². The molecule has 0 saturated carbocycles. The van der Waals surface area contributed by atoms with Crippen molar-refractivity contribution in [3.05, 3.63) is 110 Å². The number of carbonyl (C=O) groups is 2. The summed E-state index contributed by atoms with van der Waals surface area (Å²) >= 11 is 17.5. The third-order valence-electron chi connectivity index (χ3n) is 9.46. The number of thiophene rings is 2. The number of halogens is 2. The number of rotatable bonds is 20. The number of hydrogen-bond acceptors (Lipinski definition) is 14. The molecule has 0 bridgehead atoms. The Hall–Kier alpha value is -2.33. The molecular formula is C51H75Br2NO10S6. The van der Waals surface area contributed by atoms with Gasteiger partial charge in [-0.15, -0.1) is 22.7 Å². The maximum absolute atomic E-state index is 12.7. The van der Waals surface area contributed by atoms with Gasteiger partial charge < -0.3 is 9.47 Å². The normalized spacial score (nSPS) is 12.3. The lowest BCUT2D eigenvalue weighted by Gasteiger charge is -2.25. The lowest BCUT2D eigenvalue weighted by molar-refractivity contribution is -0.154. The number of ether oxygens (including phenoxy) is 2. The van der Waals surface area contributed by atoms with Crippen molar-refractivity contribution < 1.29 is 44.3 Å². The van der Waals surface area contributed by atoms with Crippen LogP contribution in [0.5, 0.6) is 0 Å². The van der Waals surface area contributed by atoms with Crippen molar-refractivity contribution in [3.8, 4) is 0 Å². The maximum atomic E-state index is 12.7.